The highest BCUT2D eigenvalue weighted by atomic mass is 28.1. The van der Waals surface area contributed by atoms with Crippen LogP contribution in [0.15, 0.2) is 0 Å². The van der Waals surface area contributed by atoms with Crippen molar-refractivity contribution >= 4 is 10.2 Å². The van der Waals surface area contributed by atoms with Crippen molar-refractivity contribution < 1.29 is 4.74 Å². The average molecular weight is 214 g/mol. The molecule has 1 aliphatic heterocycles. The van der Waals surface area contributed by atoms with E-state index >= 15 is 0 Å². The first-order chi connectivity index (χ1) is 6.77. The smallest absolute Gasteiger partial charge is 0.0486 e. The predicted octanol–water partition coefficient (Wildman–Crippen LogP) is 2.61. The molecule has 2 heteroatoms. The van der Waals surface area contributed by atoms with E-state index in [0.29, 0.717) is 5.22 Å². The van der Waals surface area contributed by atoms with Crippen molar-refractivity contribution in [3.8, 4) is 0 Å². The van der Waals surface area contributed by atoms with Crippen LogP contribution in [0.4, 0.5) is 0 Å². The summed E-state index contributed by atoms with van der Waals surface area (Å²) in [5.74, 6) is 0. The summed E-state index contributed by atoms with van der Waals surface area (Å²) < 4.78 is 5.93. The number of rotatable bonds is 6. The summed E-state index contributed by atoms with van der Waals surface area (Å²) >= 11 is 0. The summed E-state index contributed by atoms with van der Waals surface area (Å²) in [6.45, 7) is 3.30. The van der Waals surface area contributed by atoms with Gasteiger partial charge in [-0.1, -0.05) is 39.0 Å². The number of hydrogen-bond acceptors (Lipinski definition) is 1. The number of unbranched alkanes of at least 4 members (excludes halogenated alkanes) is 4. The third-order valence-electron chi connectivity index (χ3n) is 3.36. The molecule has 14 heavy (non-hydrogen) atoms. The Balaban J connectivity index is 2.03. The lowest BCUT2D eigenvalue weighted by atomic mass is 10.0. The maximum absolute atomic E-state index is 5.93. The number of hydrogen-bond donors (Lipinski definition) is 0. The molecule has 1 heterocycles. The zero-order valence-corrected chi connectivity index (χ0v) is 12.0. The highest BCUT2D eigenvalue weighted by Gasteiger charge is 2.26. The minimum atomic E-state index is 0.366. The first-order valence-electron chi connectivity index (χ1n) is 6.41. The standard InChI is InChI=1S/C12H26OSi/c1-2-3-4-5-6-9-12(14)10-7-8-11-13-12/h2-11H2,1,14H3. The predicted molar refractivity (Wildman–Crippen MR) is 65.8 cm³/mol. The Morgan fingerprint density at radius 2 is 1.93 bits per heavy atom. The topological polar surface area (TPSA) is 9.23 Å². The molecule has 0 aromatic heterocycles. The van der Waals surface area contributed by atoms with Crippen LogP contribution in [0, 0.1) is 0 Å². The van der Waals surface area contributed by atoms with E-state index in [9.17, 15) is 0 Å². The SMILES string of the molecule is CCCCCCCC1([SiH3])CCCCO1. The van der Waals surface area contributed by atoms with Crippen molar-refractivity contribution in [3.05, 3.63) is 0 Å². The normalized spacial score (nSPS) is 28.1. The zero-order chi connectivity index (χ0) is 10.3. The molecule has 1 fully saturated rings. The molecule has 0 amide bonds. The highest BCUT2D eigenvalue weighted by Crippen LogP contribution is 2.27. The zero-order valence-electron chi connectivity index (χ0n) is 9.98. The number of ether oxygens (including phenoxy) is 1. The Bertz CT molecular complexity index is 141. The second-order valence-electron chi connectivity index (χ2n) is 4.92. The van der Waals surface area contributed by atoms with E-state index in [-0.39, 0.29) is 0 Å². The molecule has 0 aromatic rings. The maximum atomic E-state index is 5.93. The van der Waals surface area contributed by atoms with Gasteiger partial charge in [0.25, 0.3) is 0 Å². The van der Waals surface area contributed by atoms with Gasteiger partial charge >= 0.3 is 0 Å². The van der Waals surface area contributed by atoms with Crippen LogP contribution >= 0.6 is 0 Å². The molecule has 0 spiro atoms. The van der Waals surface area contributed by atoms with Crippen molar-refractivity contribution in [2.24, 2.45) is 0 Å². The quantitative estimate of drug-likeness (QED) is 0.488. The van der Waals surface area contributed by atoms with Gasteiger partial charge < -0.3 is 4.74 Å². The summed E-state index contributed by atoms with van der Waals surface area (Å²) in [4.78, 5) is 0. The van der Waals surface area contributed by atoms with E-state index < -0.39 is 0 Å². The third-order valence-corrected chi connectivity index (χ3v) is 4.65. The fraction of sp³-hybridized carbons (Fsp3) is 1.00. The van der Waals surface area contributed by atoms with Crippen LogP contribution in [0.2, 0.25) is 0 Å². The van der Waals surface area contributed by atoms with Gasteiger partial charge in [-0.15, -0.1) is 0 Å². The minimum absolute atomic E-state index is 0.366. The fourth-order valence-electron chi connectivity index (χ4n) is 2.29. The molecule has 1 unspecified atom stereocenters. The van der Waals surface area contributed by atoms with E-state index in [4.69, 9.17) is 4.74 Å². The molecule has 1 aliphatic rings. The fourth-order valence-corrected chi connectivity index (χ4v) is 3.20. The van der Waals surface area contributed by atoms with Gasteiger partial charge in [0.1, 0.15) is 0 Å². The minimum Gasteiger partial charge on any atom is -0.380 e. The summed E-state index contributed by atoms with van der Waals surface area (Å²) in [7, 11) is 1.23. The van der Waals surface area contributed by atoms with Crippen molar-refractivity contribution in [1.82, 2.24) is 0 Å². The van der Waals surface area contributed by atoms with Crippen molar-refractivity contribution in [1.29, 1.82) is 0 Å². The largest absolute Gasteiger partial charge is 0.380 e. The Morgan fingerprint density at radius 3 is 2.57 bits per heavy atom. The molecule has 0 saturated carbocycles. The van der Waals surface area contributed by atoms with Gasteiger partial charge in [-0.2, -0.15) is 0 Å². The Hall–Kier alpha value is 0.177. The first kappa shape index (κ1) is 12.2. The van der Waals surface area contributed by atoms with Gasteiger partial charge in [-0.3, -0.25) is 0 Å². The van der Waals surface area contributed by atoms with Gasteiger partial charge in [0, 0.05) is 22.1 Å². The van der Waals surface area contributed by atoms with Gasteiger partial charge in [-0.25, -0.2) is 0 Å². The molecule has 0 bridgehead atoms. The van der Waals surface area contributed by atoms with Crippen LogP contribution in [0.5, 0.6) is 0 Å². The van der Waals surface area contributed by atoms with Gasteiger partial charge in [0.05, 0.1) is 0 Å². The lowest BCUT2D eigenvalue weighted by Crippen LogP contribution is -2.36. The molecule has 0 N–H and O–H groups in total. The Morgan fingerprint density at radius 1 is 1.14 bits per heavy atom. The maximum Gasteiger partial charge on any atom is 0.0486 e. The summed E-state index contributed by atoms with van der Waals surface area (Å²) in [5.41, 5.74) is 0. The van der Waals surface area contributed by atoms with Gasteiger partial charge in [-0.05, 0) is 25.7 Å². The summed E-state index contributed by atoms with van der Waals surface area (Å²) in [6, 6.07) is 0. The molecule has 1 atom stereocenters. The molecule has 84 valence electrons. The second kappa shape index (κ2) is 6.62. The molecule has 1 saturated heterocycles. The summed E-state index contributed by atoms with van der Waals surface area (Å²) in [5, 5.41) is 0.366. The van der Waals surface area contributed by atoms with E-state index in [1.54, 1.807) is 0 Å². The van der Waals surface area contributed by atoms with Crippen LogP contribution in [-0.4, -0.2) is 22.1 Å². The molecule has 0 aromatic carbocycles. The van der Waals surface area contributed by atoms with Crippen molar-refractivity contribution in [3.63, 3.8) is 0 Å². The molecule has 0 aliphatic carbocycles. The van der Waals surface area contributed by atoms with E-state index in [2.05, 4.69) is 6.92 Å². The van der Waals surface area contributed by atoms with Crippen LogP contribution in [0.1, 0.15) is 64.7 Å². The van der Waals surface area contributed by atoms with Crippen LogP contribution < -0.4 is 0 Å². The molecule has 0 radical (unpaired) electrons. The highest BCUT2D eigenvalue weighted by molar-refractivity contribution is 6.14. The Kier molecular flexibility index (Phi) is 5.79. The average Bonchev–Trinajstić information content (AvgIpc) is 2.18. The van der Waals surface area contributed by atoms with Gasteiger partial charge in [0.15, 0.2) is 0 Å². The molecule has 1 rings (SSSR count). The monoisotopic (exact) mass is 214 g/mol. The first-order valence-corrected chi connectivity index (χ1v) is 7.41. The van der Waals surface area contributed by atoms with E-state index in [1.807, 2.05) is 0 Å². The van der Waals surface area contributed by atoms with Crippen molar-refractivity contribution in [2.75, 3.05) is 6.61 Å². The summed E-state index contributed by atoms with van der Waals surface area (Å²) in [6.07, 6.45) is 12.4. The third kappa shape index (κ3) is 4.60. The van der Waals surface area contributed by atoms with E-state index in [1.165, 1.54) is 68.0 Å². The lowest BCUT2D eigenvalue weighted by molar-refractivity contribution is -0.0239. The molecular formula is C12H26OSi. The van der Waals surface area contributed by atoms with Crippen molar-refractivity contribution in [2.45, 2.75) is 69.9 Å². The second-order valence-corrected chi connectivity index (χ2v) is 6.74. The van der Waals surface area contributed by atoms with Crippen LogP contribution in [-0.2, 0) is 4.74 Å². The molecule has 1 nitrogen and oxygen atoms in total. The van der Waals surface area contributed by atoms with Crippen LogP contribution in [0.25, 0.3) is 0 Å². The lowest BCUT2D eigenvalue weighted by Gasteiger charge is -2.34. The van der Waals surface area contributed by atoms with E-state index in [0.717, 1.165) is 6.61 Å². The molecular weight excluding hydrogens is 188 g/mol. The van der Waals surface area contributed by atoms with Crippen LogP contribution in [0.3, 0.4) is 0 Å². The Labute approximate surface area is 92.0 Å². The van der Waals surface area contributed by atoms with Gasteiger partial charge in [0.2, 0.25) is 0 Å².